The number of benzene rings is 1. The van der Waals surface area contributed by atoms with Crippen LogP contribution in [0.2, 0.25) is 5.02 Å². The highest BCUT2D eigenvalue weighted by Gasteiger charge is 2.15. The zero-order chi connectivity index (χ0) is 14.7. The summed E-state index contributed by atoms with van der Waals surface area (Å²) >= 11 is 6.12. The molecule has 0 aliphatic heterocycles. The van der Waals surface area contributed by atoms with Gasteiger partial charge in [0.25, 0.3) is 5.91 Å². The number of nitrogens with zero attached hydrogens (tertiary/aromatic N) is 3. The molecular weight excluding hydrogens is 274 g/mol. The van der Waals surface area contributed by atoms with Crippen LogP contribution in [-0.4, -0.2) is 27.6 Å². The first-order chi connectivity index (χ1) is 9.51. The molecule has 1 amide bonds. The zero-order valence-electron chi connectivity index (χ0n) is 11.9. The van der Waals surface area contributed by atoms with Crippen molar-refractivity contribution in [3.8, 4) is 0 Å². The van der Waals surface area contributed by atoms with Gasteiger partial charge in [-0.2, -0.15) is 5.10 Å². The van der Waals surface area contributed by atoms with Crippen LogP contribution in [0.4, 0.5) is 0 Å². The SMILES string of the molecule is CCn1cc(Cl)c(CN(C)C(=O)c2cccc(C)c2)n1. The maximum Gasteiger partial charge on any atom is 0.253 e. The average Bonchev–Trinajstić information content (AvgIpc) is 2.78. The molecule has 0 fully saturated rings. The van der Waals surface area contributed by atoms with Crippen molar-refractivity contribution in [2.45, 2.75) is 26.9 Å². The van der Waals surface area contributed by atoms with E-state index >= 15 is 0 Å². The van der Waals surface area contributed by atoms with Gasteiger partial charge in [0.2, 0.25) is 0 Å². The molecule has 0 saturated carbocycles. The second-order valence-electron chi connectivity index (χ2n) is 4.81. The molecule has 1 aromatic heterocycles. The minimum atomic E-state index is -0.0317. The Morgan fingerprint density at radius 2 is 2.20 bits per heavy atom. The Hall–Kier alpha value is -1.81. The van der Waals surface area contributed by atoms with Gasteiger partial charge < -0.3 is 4.90 Å². The van der Waals surface area contributed by atoms with E-state index in [0.29, 0.717) is 17.1 Å². The second-order valence-corrected chi connectivity index (χ2v) is 5.22. The minimum absolute atomic E-state index is 0.0317. The third kappa shape index (κ3) is 3.20. The van der Waals surface area contributed by atoms with Gasteiger partial charge in [0.1, 0.15) is 5.69 Å². The highest BCUT2D eigenvalue weighted by atomic mass is 35.5. The van der Waals surface area contributed by atoms with Crippen molar-refractivity contribution >= 4 is 17.5 Å². The van der Waals surface area contributed by atoms with Gasteiger partial charge in [-0.15, -0.1) is 0 Å². The Morgan fingerprint density at radius 3 is 2.80 bits per heavy atom. The molecule has 0 atom stereocenters. The van der Waals surface area contributed by atoms with Crippen molar-refractivity contribution in [1.82, 2.24) is 14.7 Å². The zero-order valence-corrected chi connectivity index (χ0v) is 12.7. The Morgan fingerprint density at radius 1 is 1.45 bits per heavy atom. The number of aromatic nitrogens is 2. The van der Waals surface area contributed by atoms with Crippen LogP contribution in [0.1, 0.15) is 28.5 Å². The smallest absolute Gasteiger partial charge is 0.253 e. The number of rotatable bonds is 4. The predicted octanol–water partition coefficient (Wildman–Crippen LogP) is 3.14. The van der Waals surface area contributed by atoms with Crippen LogP contribution in [0.5, 0.6) is 0 Å². The van der Waals surface area contributed by atoms with Crippen molar-refractivity contribution < 1.29 is 4.79 Å². The lowest BCUT2D eigenvalue weighted by molar-refractivity contribution is 0.0783. The first kappa shape index (κ1) is 14.6. The molecule has 0 aliphatic rings. The van der Waals surface area contributed by atoms with Gasteiger partial charge in [0.15, 0.2) is 0 Å². The molecule has 106 valence electrons. The highest BCUT2D eigenvalue weighted by Crippen LogP contribution is 2.17. The second kappa shape index (κ2) is 6.09. The number of hydrogen-bond acceptors (Lipinski definition) is 2. The van der Waals surface area contributed by atoms with E-state index < -0.39 is 0 Å². The van der Waals surface area contributed by atoms with Crippen LogP contribution in [0, 0.1) is 6.92 Å². The molecule has 0 radical (unpaired) electrons. The summed E-state index contributed by atoms with van der Waals surface area (Å²) in [5.74, 6) is -0.0317. The van der Waals surface area contributed by atoms with E-state index in [-0.39, 0.29) is 5.91 Å². The molecule has 2 aromatic rings. The van der Waals surface area contributed by atoms with Crippen LogP contribution in [0.3, 0.4) is 0 Å². The van der Waals surface area contributed by atoms with Crippen LogP contribution in [0.25, 0.3) is 0 Å². The van der Waals surface area contributed by atoms with Gasteiger partial charge in [-0.3, -0.25) is 9.48 Å². The molecule has 20 heavy (non-hydrogen) atoms. The first-order valence-electron chi connectivity index (χ1n) is 6.55. The molecular formula is C15H18ClN3O. The normalized spacial score (nSPS) is 10.6. The van der Waals surface area contributed by atoms with Crippen LogP contribution < -0.4 is 0 Å². The molecule has 0 bridgehead atoms. The molecule has 1 aromatic carbocycles. The maximum absolute atomic E-state index is 12.3. The molecule has 4 nitrogen and oxygen atoms in total. The van der Waals surface area contributed by atoms with Gasteiger partial charge >= 0.3 is 0 Å². The van der Waals surface area contributed by atoms with Crippen molar-refractivity contribution in [3.05, 3.63) is 52.3 Å². The monoisotopic (exact) mass is 291 g/mol. The molecule has 2 rings (SSSR count). The molecule has 0 N–H and O–H groups in total. The number of carbonyl (C=O) groups is 1. The summed E-state index contributed by atoms with van der Waals surface area (Å²) in [4.78, 5) is 14.0. The van der Waals surface area contributed by atoms with Gasteiger partial charge in [-0.05, 0) is 26.0 Å². The minimum Gasteiger partial charge on any atom is -0.336 e. The quantitative estimate of drug-likeness (QED) is 0.868. The summed E-state index contributed by atoms with van der Waals surface area (Å²) in [5, 5.41) is 4.95. The highest BCUT2D eigenvalue weighted by molar-refractivity contribution is 6.31. The largest absolute Gasteiger partial charge is 0.336 e. The van der Waals surface area contributed by atoms with E-state index in [1.165, 1.54) is 0 Å². The Kier molecular flexibility index (Phi) is 4.45. The standard InChI is InChI=1S/C15H18ClN3O/c1-4-19-9-13(16)14(17-19)10-18(3)15(20)12-7-5-6-11(2)8-12/h5-9H,4,10H2,1-3H3. The van der Waals surface area contributed by atoms with Gasteiger partial charge in [-0.25, -0.2) is 0 Å². The lowest BCUT2D eigenvalue weighted by Gasteiger charge is -2.16. The summed E-state index contributed by atoms with van der Waals surface area (Å²) in [6.07, 6.45) is 1.78. The molecule has 5 heteroatoms. The molecule has 1 heterocycles. The van der Waals surface area contributed by atoms with Crippen LogP contribution in [0.15, 0.2) is 30.5 Å². The summed E-state index contributed by atoms with van der Waals surface area (Å²) in [7, 11) is 1.76. The van der Waals surface area contributed by atoms with Crippen molar-refractivity contribution in [3.63, 3.8) is 0 Å². The number of aryl methyl sites for hydroxylation is 2. The number of halogens is 1. The Balaban J connectivity index is 2.13. The predicted molar refractivity (Wildman–Crippen MR) is 79.9 cm³/mol. The number of amides is 1. The summed E-state index contributed by atoms with van der Waals surface area (Å²) in [5.41, 5.74) is 2.47. The fourth-order valence-corrected chi connectivity index (χ4v) is 2.21. The molecule has 0 unspecified atom stereocenters. The fraction of sp³-hybridized carbons (Fsp3) is 0.333. The van der Waals surface area contributed by atoms with E-state index in [4.69, 9.17) is 11.6 Å². The Labute approximate surface area is 124 Å². The van der Waals surface area contributed by atoms with Gasteiger partial charge in [-0.1, -0.05) is 29.3 Å². The van der Waals surface area contributed by atoms with Crippen molar-refractivity contribution in [1.29, 1.82) is 0 Å². The van der Waals surface area contributed by atoms with Crippen molar-refractivity contribution in [2.75, 3.05) is 7.05 Å². The first-order valence-corrected chi connectivity index (χ1v) is 6.93. The van der Waals surface area contributed by atoms with E-state index in [9.17, 15) is 4.79 Å². The Bertz CT molecular complexity index is 621. The van der Waals surface area contributed by atoms with Crippen LogP contribution >= 0.6 is 11.6 Å². The number of hydrogen-bond donors (Lipinski definition) is 0. The topological polar surface area (TPSA) is 38.1 Å². The summed E-state index contributed by atoms with van der Waals surface area (Å²) in [6.45, 7) is 5.12. The van der Waals surface area contributed by atoms with E-state index in [2.05, 4.69) is 5.10 Å². The maximum atomic E-state index is 12.3. The van der Waals surface area contributed by atoms with Gasteiger partial charge in [0.05, 0.1) is 11.6 Å². The molecule has 0 aliphatic carbocycles. The van der Waals surface area contributed by atoms with Gasteiger partial charge in [0, 0.05) is 25.4 Å². The third-order valence-corrected chi connectivity index (χ3v) is 3.43. The number of carbonyl (C=O) groups excluding carboxylic acids is 1. The van der Waals surface area contributed by atoms with Crippen LogP contribution in [-0.2, 0) is 13.1 Å². The molecule has 0 spiro atoms. The van der Waals surface area contributed by atoms with E-state index in [1.807, 2.05) is 38.1 Å². The summed E-state index contributed by atoms with van der Waals surface area (Å²) < 4.78 is 1.77. The third-order valence-electron chi connectivity index (χ3n) is 3.11. The summed E-state index contributed by atoms with van der Waals surface area (Å²) in [6, 6.07) is 7.55. The van der Waals surface area contributed by atoms with Crippen molar-refractivity contribution in [2.24, 2.45) is 0 Å². The lowest BCUT2D eigenvalue weighted by atomic mass is 10.1. The molecule has 0 saturated heterocycles. The van der Waals surface area contributed by atoms with E-state index in [0.717, 1.165) is 17.8 Å². The fourth-order valence-electron chi connectivity index (χ4n) is 2.00. The van der Waals surface area contributed by atoms with E-state index in [1.54, 1.807) is 22.8 Å². The average molecular weight is 292 g/mol. The lowest BCUT2D eigenvalue weighted by Crippen LogP contribution is -2.26.